The zero-order valence-electron chi connectivity index (χ0n) is 18.2. The van der Waals surface area contributed by atoms with Crippen molar-refractivity contribution in [3.05, 3.63) is 112 Å². The summed E-state index contributed by atoms with van der Waals surface area (Å²) in [5.41, 5.74) is 2.07. The van der Waals surface area contributed by atoms with Gasteiger partial charge in [-0.25, -0.2) is 0 Å². The van der Waals surface area contributed by atoms with E-state index in [2.05, 4.69) is 16.7 Å². The molecule has 0 aliphatic rings. The maximum Gasteiger partial charge on any atom is 0.253 e. The molecule has 0 radical (unpaired) electrons. The van der Waals surface area contributed by atoms with E-state index in [1.807, 2.05) is 47.8 Å². The second-order valence-corrected chi connectivity index (χ2v) is 8.45. The van der Waals surface area contributed by atoms with Gasteiger partial charge in [0.25, 0.3) is 5.91 Å². The number of nitrogens with zero attached hydrogens (tertiary/aromatic N) is 1. The van der Waals surface area contributed by atoms with Crippen molar-refractivity contribution in [2.24, 2.45) is 0 Å². The van der Waals surface area contributed by atoms with Gasteiger partial charge in [-0.05, 0) is 41.3 Å². The minimum Gasteiger partial charge on any atom is -0.467 e. The number of anilines is 1. The van der Waals surface area contributed by atoms with Crippen LogP contribution in [0.15, 0.2) is 94.9 Å². The van der Waals surface area contributed by atoms with Crippen molar-refractivity contribution in [2.45, 2.75) is 12.6 Å². The highest BCUT2D eigenvalue weighted by atomic mass is 32.1. The standard InChI is InChI=1S/C26H25N3O3S/c1-29(22-13-6-5-12-21(22)26(31)28-17-20-11-7-15-32-20)24(30)18-27-25(23-14-8-16-33-23)19-9-3-2-4-10-19/h2-16,25,27H,17-18H2,1H3,(H,28,31)/t25-/m0/s1. The second kappa shape index (κ2) is 10.8. The Morgan fingerprint density at radius 2 is 1.76 bits per heavy atom. The van der Waals surface area contributed by atoms with Crippen LogP contribution in [-0.2, 0) is 11.3 Å². The highest BCUT2D eigenvalue weighted by molar-refractivity contribution is 7.10. The molecule has 0 spiro atoms. The zero-order chi connectivity index (χ0) is 23.0. The van der Waals surface area contributed by atoms with Gasteiger partial charge in [0.15, 0.2) is 0 Å². The summed E-state index contributed by atoms with van der Waals surface area (Å²) in [6.07, 6.45) is 1.56. The predicted molar refractivity (Wildman–Crippen MR) is 130 cm³/mol. The van der Waals surface area contributed by atoms with Gasteiger partial charge in [-0.2, -0.15) is 0 Å². The van der Waals surface area contributed by atoms with Crippen molar-refractivity contribution < 1.29 is 14.0 Å². The molecule has 0 fully saturated rings. The molecule has 0 bridgehead atoms. The predicted octanol–water partition coefficient (Wildman–Crippen LogP) is 4.61. The molecule has 2 heterocycles. The van der Waals surface area contributed by atoms with Crippen LogP contribution in [0, 0.1) is 0 Å². The van der Waals surface area contributed by atoms with Crippen LogP contribution in [0.5, 0.6) is 0 Å². The Morgan fingerprint density at radius 3 is 2.48 bits per heavy atom. The first-order valence-electron chi connectivity index (χ1n) is 10.6. The number of para-hydroxylation sites is 1. The van der Waals surface area contributed by atoms with Crippen LogP contribution in [0.3, 0.4) is 0 Å². The summed E-state index contributed by atoms with van der Waals surface area (Å²) >= 11 is 1.64. The number of likely N-dealkylation sites (N-methyl/N-ethyl adjacent to an activating group) is 1. The molecule has 2 aromatic heterocycles. The van der Waals surface area contributed by atoms with Gasteiger partial charge in [0, 0.05) is 11.9 Å². The van der Waals surface area contributed by atoms with Crippen LogP contribution in [-0.4, -0.2) is 25.4 Å². The number of thiophene rings is 1. The molecular formula is C26H25N3O3S. The second-order valence-electron chi connectivity index (χ2n) is 7.47. The van der Waals surface area contributed by atoms with Crippen LogP contribution in [0.2, 0.25) is 0 Å². The lowest BCUT2D eigenvalue weighted by Crippen LogP contribution is -2.38. The van der Waals surface area contributed by atoms with E-state index in [-0.39, 0.29) is 30.9 Å². The number of rotatable bonds is 9. The van der Waals surface area contributed by atoms with Gasteiger partial charge in [-0.1, -0.05) is 48.5 Å². The van der Waals surface area contributed by atoms with Crippen molar-refractivity contribution in [1.29, 1.82) is 0 Å². The van der Waals surface area contributed by atoms with E-state index >= 15 is 0 Å². The number of carbonyl (C=O) groups is 2. The minimum absolute atomic E-state index is 0.0876. The summed E-state index contributed by atoms with van der Waals surface area (Å²) in [5.74, 6) is 0.254. The lowest BCUT2D eigenvalue weighted by molar-refractivity contribution is -0.117. The molecule has 7 heteroatoms. The first-order valence-corrected chi connectivity index (χ1v) is 11.5. The van der Waals surface area contributed by atoms with Crippen molar-refractivity contribution in [2.75, 3.05) is 18.5 Å². The molecule has 168 valence electrons. The van der Waals surface area contributed by atoms with Crippen LogP contribution in [0.4, 0.5) is 5.69 Å². The van der Waals surface area contributed by atoms with Gasteiger partial charge in [-0.15, -0.1) is 11.3 Å². The Hall–Kier alpha value is -3.68. The van der Waals surface area contributed by atoms with E-state index < -0.39 is 0 Å². The fourth-order valence-corrected chi connectivity index (χ4v) is 4.39. The quantitative estimate of drug-likeness (QED) is 0.383. The lowest BCUT2D eigenvalue weighted by atomic mass is 10.1. The van der Waals surface area contributed by atoms with E-state index in [1.54, 1.807) is 55.0 Å². The fraction of sp³-hybridized carbons (Fsp3) is 0.154. The van der Waals surface area contributed by atoms with Crippen molar-refractivity contribution >= 4 is 28.8 Å². The Kier molecular flexibility index (Phi) is 7.34. The summed E-state index contributed by atoms with van der Waals surface area (Å²) in [6.45, 7) is 0.398. The molecule has 0 saturated carbocycles. The summed E-state index contributed by atoms with van der Waals surface area (Å²) in [7, 11) is 1.69. The average molecular weight is 460 g/mol. The molecule has 4 aromatic rings. The van der Waals surface area contributed by atoms with Gasteiger partial charge >= 0.3 is 0 Å². The number of amides is 2. The topological polar surface area (TPSA) is 74.6 Å². The van der Waals surface area contributed by atoms with Gasteiger partial charge < -0.3 is 14.6 Å². The smallest absolute Gasteiger partial charge is 0.253 e. The summed E-state index contributed by atoms with van der Waals surface area (Å²) in [6, 6.07) is 24.7. The van der Waals surface area contributed by atoms with Crippen molar-refractivity contribution in [3.8, 4) is 0 Å². The third kappa shape index (κ3) is 5.58. The number of benzene rings is 2. The minimum atomic E-state index is -0.268. The van der Waals surface area contributed by atoms with E-state index in [0.717, 1.165) is 10.4 Å². The Morgan fingerprint density at radius 1 is 0.970 bits per heavy atom. The molecule has 6 nitrogen and oxygen atoms in total. The highest BCUT2D eigenvalue weighted by Gasteiger charge is 2.21. The summed E-state index contributed by atoms with van der Waals surface area (Å²) in [4.78, 5) is 28.5. The monoisotopic (exact) mass is 459 g/mol. The molecule has 2 N–H and O–H groups in total. The Balaban J connectivity index is 1.45. The number of carbonyl (C=O) groups excluding carboxylic acids is 2. The molecule has 33 heavy (non-hydrogen) atoms. The molecule has 0 aliphatic carbocycles. The molecule has 0 aliphatic heterocycles. The van der Waals surface area contributed by atoms with Gasteiger partial charge in [0.1, 0.15) is 5.76 Å². The number of furan rings is 1. The van der Waals surface area contributed by atoms with Gasteiger partial charge in [0.05, 0.1) is 36.6 Å². The summed E-state index contributed by atoms with van der Waals surface area (Å²) in [5, 5.41) is 8.25. The first kappa shape index (κ1) is 22.5. The maximum absolute atomic E-state index is 13.1. The molecule has 1 atom stereocenters. The van der Waals surface area contributed by atoms with Crippen LogP contribution in [0.25, 0.3) is 0 Å². The molecule has 0 saturated heterocycles. The Bertz CT molecular complexity index is 1170. The molecule has 4 rings (SSSR count). The number of hydrogen-bond donors (Lipinski definition) is 2. The number of hydrogen-bond acceptors (Lipinski definition) is 5. The van der Waals surface area contributed by atoms with Crippen molar-refractivity contribution in [3.63, 3.8) is 0 Å². The van der Waals surface area contributed by atoms with E-state index in [1.165, 1.54) is 4.90 Å². The van der Waals surface area contributed by atoms with E-state index in [9.17, 15) is 9.59 Å². The normalized spacial score (nSPS) is 11.7. The molecule has 2 amide bonds. The largest absolute Gasteiger partial charge is 0.467 e. The maximum atomic E-state index is 13.1. The van der Waals surface area contributed by atoms with Crippen LogP contribution < -0.4 is 15.5 Å². The van der Waals surface area contributed by atoms with Crippen molar-refractivity contribution in [1.82, 2.24) is 10.6 Å². The van der Waals surface area contributed by atoms with E-state index in [4.69, 9.17) is 4.42 Å². The average Bonchev–Trinajstić information content (AvgIpc) is 3.57. The third-order valence-electron chi connectivity index (χ3n) is 5.31. The molecule has 2 aromatic carbocycles. The zero-order valence-corrected chi connectivity index (χ0v) is 19.0. The fourth-order valence-electron chi connectivity index (χ4n) is 3.56. The van der Waals surface area contributed by atoms with Gasteiger partial charge in [0.2, 0.25) is 5.91 Å². The third-order valence-corrected chi connectivity index (χ3v) is 6.24. The molecular weight excluding hydrogens is 434 g/mol. The summed E-state index contributed by atoms with van der Waals surface area (Å²) < 4.78 is 5.27. The number of nitrogens with one attached hydrogen (secondary N) is 2. The van der Waals surface area contributed by atoms with E-state index in [0.29, 0.717) is 17.0 Å². The highest BCUT2D eigenvalue weighted by Crippen LogP contribution is 2.26. The molecule has 0 unspecified atom stereocenters. The van der Waals surface area contributed by atoms with Crippen LogP contribution >= 0.6 is 11.3 Å². The SMILES string of the molecule is CN(C(=O)CN[C@@H](c1ccccc1)c1cccs1)c1ccccc1C(=O)NCc1ccco1. The first-order chi connectivity index (χ1) is 16.1. The van der Waals surface area contributed by atoms with Crippen LogP contribution in [0.1, 0.15) is 32.6 Å². The Labute approximate surface area is 196 Å². The van der Waals surface area contributed by atoms with Gasteiger partial charge in [-0.3, -0.25) is 14.9 Å². The lowest BCUT2D eigenvalue weighted by Gasteiger charge is -2.23.